The molecule has 1 amide bonds. The van der Waals surface area contributed by atoms with Crippen LogP contribution in [0, 0.1) is 5.41 Å². The van der Waals surface area contributed by atoms with Crippen LogP contribution in [-0.4, -0.2) is 30.4 Å². The van der Waals surface area contributed by atoms with E-state index in [-0.39, 0.29) is 23.7 Å². The average molecular weight is 328 g/mol. The lowest BCUT2D eigenvalue weighted by molar-refractivity contribution is -0.137. The van der Waals surface area contributed by atoms with Crippen LogP contribution in [0.3, 0.4) is 0 Å². The number of benzene rings is 1. The Bertz CT molecular complexity index is 573. The number of rotatable bonds is 4. The fraction of sp³-hybridized carbons (Fsp3) is 0.588. The molecule has 1 aromatic rings. The Kier molecular flexibility index (Phi) is 5.04. The van der Waals surface area contributed by atoms with Crippen molar-refractivity contribution in [3.63, 3.8) is 0 Å². The topological polar surface area (TPSA) is 46.3 Å². The maximum Gasteiger partial charge on any atom is 0.416 e. The zero-order chi connectivity index (χ0) is 17.3. The molecule has 1 saturated heterocycles. The van der Waals surface area contributed by atoms with Gasteiger partial charge in [-0.3, -0.25) is 4.79 Å². The first-order valence-electron chi connectivity index (χ1n) is 7.80. The van der Waals surface area contributed by atoms with E-state index >= 15 is 0 Å². The van der Waals surface area contributed by atoms with Gasteiger partial charge in [0.2, 0.25) is 5.91 Å². The van der Waals surface area contributed by atoms with Crippen LogP contribution in [-0.2, 0) is 11.0 Å². The van der Waals surface area contributed by atoms with Crippen molar-refractivity contribution in [1.29, 1.82) is 0 Å². The second-order valence-electron chi connectivity index (χ2n) is 6.81. The largest absolute Gasteiger partial charge is 0.416 e. The number of halogens is 3. The van der Waals surface area contributed by atoms with Gasteiger partial charge in [-0.05, 0) is 35.9 Å². The van der Waals surface area contributed by atoms with Gasteiger partial charge in [0, 0.05) is 19.5 Å². The predicted octanol–water partition coefficient (Wildman–Crippen LogP) is 3.40. The zero-order valence-corrected chi connectivity index (χ0v) is 13.5. The van der Waals surface area contributed by atoms with Gasteiger partial charge in [0.15, 0.2) is 0 Å². The monoisotopic (exact) mass is 328 g/mol. The molecule has 2 rings (SSSR count). The second kappa shape index (κ2) is 6.51. The molecule has 0 bridgehead atoms. The number of alkyl halides is 3. The summed E-state index contributed by atoms with van der Waals surface area (Å²) < 4.78 is 38.3. The van der Waals surface area contributed by atoms with Crippen molar-refractivity contribution in [1.82, 2.24) is 4.90 Å². The van der Waals surface area contributed by atoms with Crippen molar-refractivity contribution < 1.29 is 18.0 Å². The quantitative estimate of drug-likeness (QED) is 0.921. The molecule has 0 radical (unpaired) electrons. The van der Waals surface area contributed by atoms with Gasteiger partial charge in [0.05, 0.1) is 5.56 Å². The van der Waals surface area contributed by atoms with Crippen LogP contribution >= 0.6 is 0 Å². The summed E-state index contributed by atoms with van der Waals surface area (Å²) in [6.45, 7) is 5.65. The summed E-state index contributed by atoms with van der Waals surface area (Å²) in [5.74, 6) is -0.276. The second-order valence-corrected chi connectivity index (χ2v) is 6.81. The van der Waals surface area contributed by atoms with Crippen LogP contribution in [0.15, 0.2) is 24.3 Å². The summed E-state index contributed by atoms with van der Waals surface area (Å²) in [7, 11) is 0. The fourth-order valence-corrected chi connectivity index (χ4v) is 2.93. The number of likely N-dealkylation sites (tertiary alicyclic amines) is 1. The van der Waals surface area contributed by atoms with Crippen molar-refractivity contribution in [3.05, 3.63) is 35.4 Å². The van der Waals surface area contributed by atoms with Crippen LogP contribution < -0.4 is 5.73 Å². The van der Waals surface area contributed by atoms with Crippen molar-refractivity contribution in [2.75, 3.05) is 19.6 Å². The number of hydrogen-bond donors (Lipinski definition) is 1. The van der Waals surface area contributed by atoms with Crippen molar-refractivity contribution >= 4 is 5.91 Å². The van der Waals surface area contributed by atoms with E-state index in [2.05, 4.69) is 6.92 Å². The Hall–Kier alpha value is -1.56. The molecule has 1 aliphatic heterocycles. The minimum Gasteiger partial charge on any atom is -0.342 e. The molecule has 1 fully saturated rings. The van der Waals surface area contributed by atoms with Gasteiger partial charge in [-0.25, -0.2) is 0 Å². The predicted molar refractivity (Wildman–Crippen MR) is 82.8 cm³/mol. The molecule has 1 aliphatic rings. The van der Waals surface area contributed by atoms with Crippen molar-refractivity contribution in [2.24, 2.45) is 11.1 Å². The van der Waals surface area contributed by atoms with E-state index in [1.807, 2.05) is 0 Å². The number of carbonyl (C=O) groups excluding carboxylic acids is 1. The fourth-order valence-electron chi connectivity index (χ4n) is 2.93. The molecule has 1 aromatic carbocycles. The van der Waals surface area contributed by atoms with Crippen LogP contribution in [0.1, 0.15) is 43.7 Å². The first-order chi connectivity index (χ1) is 10.6. The molecule has 3 nitrogen and oxygen atoms in total. The third-order valence-corrected chi connectivity index (χ3v) is 4.67. The van der Waals surface area contributed by atoms with Gasteiger partial charge in [-0.1, -0.05) is 32.0 Å². The van der Waals surface area contributed by atoms with Crippen molar-refractivity contribution in [3.8, 4) is 0 Å². The summed E-state index contributed by atoms with van der Waals surface area (Å²) in [5.41, 5.74) is 5.55. The third kappa shape index (κ3) is 4.25. The lowest BCUT2D eigenvalue weighted by Crippen LogP contribution is -2.34. The van der Waals surface area contributed by atoms with Crippen LogP contribution in [0.4, 0.5) is 13.2 Å². The average Bonchev–Trinajstić information content (AvgIpc) is 2.90. The van der Waals surface area contributed by atoms with E-state index in [9.17, 15) is 18.0 Å². The molecule has 23 heavy (non-hydrogen) atoms. The highest BCUT2D eigenvalue weighted by atomic mass is 19.4. The smallest absolute Gasteiger partial charge is 0.342 e. The molecule has 0 aromatic heterocycles. The molecule has 2 unspecified atom stereocenters. The van der Waals surface area contributed by atoms with Gasteiger partial charge >= 0.3 is 6.18 Å². The van der Waals surface area contributed by atoms with Gasteiger partial charge in [-0.2, -0.15) is 13.2 Å². The number of hydrogen-bond acceptors (Lipinski definition) is 2. The van der Waals surface area contributed by atoms with E-state index in [0.29, 0.717) is 25.2 Å². The highest BCUT2D eigenvalue weighted by Crippen LogP contribution is 2.33. The van der Waals surface area contributed by atoms with Gasteiger partial charge in [0.1, 0.15) is 0 Å². The Morgan fingerprint density at radius 1 is 1.43 bits per heavy atom. The molecule has 2 atom stereocenters. The Balaban J connectivity index is 2.02. The molecule has 6 heteroatoms. The molecule has 0 spiro atoms. The third-order valence-electron chi connectivity index (χ3n) is 4.67. The normalized spacial score (nSPS) is 23.1. The number of nitrogens with zero attached hydrogens (tertiary/aromatic N) is 1. The number of amides is 1. The molecule has 2 N–H and O–H groups in total. The summed E-state index contributed by atoms with van der Waals surface area (Å²) in [4.78, 5) is 14.2. The maximum atomic E-state index is 12.8. The van der Waals surface area contributed by atoms with E-state index in [4.69, 9.17) is 5.73 Å². The van der Waals surface area contributed by atoms with Crippen LogP contribution in [0.25, 0.3) is 0 Å². The van der Waals surface area contributed by atoms with Crippen molar-refractivity contribution in [2.45, 2.75) is 38.8 Å². The molecule has 0 aliphatic carbocycles. The van der Waals surface area contributed by atoms with Crippen LogP contribution in [0.2, 0.25) is 0 Å². The van der Waals surface area contributed by atoms with E-state index in [1.165, 1.54) is 6.07 Å². The number of nitrogens with two attached hydrogens (primary N) is 1. The zero-order valence-electron chi connectivity index (χ0n) is 13.5. The first kappa shape index (κ1) is 17.8. The van der Waals surface area contributed by atoms with E-state index < -0.39 is 11.7 Å². The summed E-state index contributed by atoms with van der Waals surface area (Å²) in [6, 6.07) is 5.21. The van der Waals surface area contributed by atoms with E-state index in [1.54, 1.807) is 17.9 Å². The highest BCUT2D eigenvalue weighted by Gasteiger charge is 2.35. The molecule has 0 saturated carbocycles. The lowest BCUT2D eigenvalue weighted by Gasteiger charge is -2.23. The van der Waals surface area contributed by atoms with Crippen LogP contribution in [0.5, 0.6) is 0 Å². The molecular formula is C17H23F3N2O. The Labute approximate surface area is 134 Å². The SMILES string of the molecule is CC(CC(=O)N1CCC(C)(CN)C1)c1cccc(C(F)(F)F)c1. The summed E-state index contributed by atoms with van der Waals surface area (Å²) in [5, 5.41) is 0. The first-order valence-corrected chi connectivity index (χ1v) is 7.80. The van der Waals surface area contributed by atoms with Gasteiger partial charge in [0.25, 0.3) is 0 Å². The Morgan fingerprint density at radius 2 is 2.13 bits per heavy atom. The minimum atomic E-state index is -4.36. The minimum absolute atomic E-state index is 0.0212. The molecular weight excluding hydrogens is 305 g/mol. The number of carbonyl (C=O) groups is 1. The lowest BCUT2D eigenvalue weighted by atomic mass is 9.90. The highest BCUT2D eigenvalue weighted by molar-refractivity contribution is 5.77. The van der Waals surface area contributed by atoms with Gasteiger partial charge in [-0.15, -0.1) is 0 Å². The Morgan fingerprint density at radius 3 is 2.70 bits per heavy atom. The van der Waals surface area contributed by atoms with Gasteiger partial charge < -0.3 is 10.6 Å². The molecule has 128 valence electrons. The molecule has 1 heterocycles. The van der Waals surface area contributed by atoms with E-state index in [0.717, 1.165) is 18.6 Å². The standard InChI is InChI=1S/C17H23F3N2O/c1-12(13-4-3-5-14(9-13)17(18,19)20)8-15(23)22-7-6-16(2,10-21)11-22/h3-5,9,12H,6-8,10-11,21H2,1-2H3. The summed E-state index contributed by atoms with van der Waals surface area (Å²) >= 11 is 0. The summed E-state index contributed by atoms with van der Waals surface area (Å²) in [6.07, 6.45) is -3.28. The maximum absolute atomic E-state index is 12.8.